The molecule has 0 aliphatic carbocycles. The van der Waals surface area contributed by atoms with Crippen molar-refractivity contribution in [2.75, 3.05) is 0 Å². The number of fused-ring (bicyclic) bond motifs is 9. The van der Waals surface area contributed by atoms with Crippen molar-refractivity contribution in [3.8, 4) is 56.4 Å². The number of aromatic nitrogens is 4. The van der Waals surface area contributed by atoms with Gasteiger partial charge in [0, 0.05) is 81.9 Å². The molecule has 0 unspecified atom stereocenters. The average Bonchev–Trinajstić information content (AvgIpc) is 3.98. The number of para-hydroxylation sites is 2. The first kappa shape index (κ1) is 31.8. The first-order valence-electron chi connectivity index (χ1n) is 18.8. The van der Waals surface area contributed by atoms with Gasteiger partial charge in [-0.15, -0.1) is 11.3 Å². The lowest BCUT2D eigenvalue weighted by Gasteiger charge is -2.12. The number of hydrogen-bond acceptors (Lipinski definition) is 7. The molecule has 7 aromatic carbocycles. The molecule has 0 bridgehead atoms. The van der Waals surface area contributed by atoms with Gasteiger partial charge in [0.1, 0.15) is 22.3 Å². The van der Waals surface area contributed by atoms with Crippen molar-refractivity contribution in [2.24, 2.45) is 0 Å². The Bertz CT molecular complexity index is 3550. The molecule has 0 amide bonds. The summed E-state index contributed by atoms with van der Waals surface area (Å²) in [6.07, 6.45) is 3.65. The van der Waals surface area contributed by atoms with Crippen LogP contribution in [0.25, 0.3) is 120 Å². The Morgan fingerprint density at radius 2 is 1.05 bits per heavy atom. The molecule has 5 heterocycles. The quantitative estimate of drug-likeness (QED) is 0.174. The smallest absolute Gasteiger partial charge is 0.164 e. The molecule has 0 saturated carbocycles. The van der Waals surface area contributed by atoms with Crippen molar-refractivity contribution in [1.82, 2.24) is 19.9 Å². The van der Waals surface area contributed by atoms with E-state index < -0.39 is 0 Å². The maximum atomic E-state index is 6.82. The Kier molecular flexibility index (Phi) is 7.00. The molecule has 0 aliphatic rings. The zero-order chi connectivity index (χ0) is 37.5. The van der Waals surface area contributed by atoms with Gasteiger partial charge in [-0.1, -0.05) is 97.1 Å². The molecule has 266 valence electrons. The summed E-state index contributed by atoms with van der Waals surface area (Å²) in [4.78, 5) is 20.0. The van der Waals surface area contributed by atoms with Crippen molar-refractivity contribution in [1.29, 1.82) is 0 Å². The lowest BCUT2D eigenvalue weighted by molar-refractivity contribution is 0.669. The van der Waals surface area contributed by atoms with Crippen LogP contribution in [0.3, 0.4) is 0 Å². The molecule has 6 nitrogen and oxygen atoms in total. The van der Waals surface area contributed by atoms with Gasteiger partial charge >= 0.3 is 0 Å². The normalized spacial score (nSPS) is 11.9. The van der Waals surface area contributed by atoms with Gasteiger partial charge in [0.2, 0.25) is 0 Å². The number of thiophene rings is 1. The Labute approximate surface area is 329 Å². The number of rotatable bonds is 5. The maximum Gasteiger partial charge on any atom is 0.164 e. The van der Waals surface area contributed by atoms with E-state index in [4.69, 9.17) is 23.8 Å². The van der Waals surface area contributed by atoms with Crippen LogP contribution in [0, 0.1) is 0 Å². The van der Waals surface area contributed by atoms with Crippen molar-refractivity contribution in [2.45, 2.75) is 0 Å². The van der Waals surface area contributed by atoms with Crippen molar-refractivity contribution < 1.29 is 8.83 Å². The minimum atomic E-state index is 0.545. The predicted octanol–water partition coefficient (Wildman–Crippen LogP) is 13.8. The summed E-state index contributed by atoms with van der Waals surface area (Å²) in [7, 11) is 0. The predicted molar refractivity (Wildman–Crippen MR) is 232 cm³/mol. The molecular weight excluding hydrogens is 721 g/mol. The van der Waals surface area contributed by atoms with Crippen LogP contribution in [0.15, 0.2) is 179 Å². The molecule has 0 saturated heterocycles. The Balaban J connectivity index is 1.11. The maximum absolute atomic E-state index is 6.82. The zero-order valence-electron chi connectivity index (χ0n) is 30.2. The largest absolute Gasteiger partial charge is 0.456 e. The van der Waals surface area contributed by atoms with Crippen LogP contribution in [0.4, 0.5) is 0 Å². The third kappa shape index (κ3) is 5.10. The molecule has 0 atom stereocenters. The minimum absolute atomic E-state index is 0.545. The first-order valence-corrected chi connectivity index (χ1v) is 19.6. The minimum Gasteiger partial charge on any atom is -0.456 e. The molecule has 0 fully saturated rings. The van der Waals surface area contributed by atoms with Crippen LogP contribution in [0.5, 0.6) is 0 Å². The van der Waals surface area contributed by atoms with Gasteiger partial charge in [0.05, 0.1) is 0 Å². The summed E-state index contributed by atoms with van der Waals surface area (Å²) in [5.41, 5.74) is 9.96. The summed E-state index contributed by atoms with van der Waals surface area (Å²) in [5.74, 6) is 1.66. The highest BCUT2D eigenvalue weighted by atomic mass is 32.1. The second-order valence-corrected chi connectivity index (χ2v) is 15.3. The van der Waals surface area contributed by atoms with E-state index in [0.717, 1.165) is 82.8 Å². The van der Waals surface area contributed by atoms with E-state index in [1.165, 1.54) is 20.2 Å². The van der Waals surface area contributed by atoms with Crippen molar-refractivity contribution in [3.63, 3.8) is 0 Å². The Morgan fingerprint density at radius 1 is 0.386 bits per heavy atom. The number of furan rings is 2. The molecular formula is C50H28N4O2S. The topological polar surface area (TPSA) is 77.8 Å². The lowest BCUT2D eigenvalue weighted by atomic mass is 9.95. The van der Waals surface area contributed by atoms with E-state index in [1.54, 1.807) is 6.20 Å². The van der Waals surface area contributed by atoms with Gasteiger partial charge in [-0.25, -0.2) is 15.0 Å². The molecule has 57 heavy (non-hydrogen) atoms. The monoisotopic (exact) mass is 748 g/mol. The van der Waals surface area contributed by atoms with Crippen LogP contribution < -0.4 is 0 Å². The van der Waals surface area contributed by atoms with Crippen LogP contribution >= 0.6 is 11.3 Å². The SMILES string of the molecule is c1cncc(-c2cccc(-c3nc(-c4ccc5c(c4)oc4ccccc45)nc(-c4ccc(-c5cccc6sc7ccccc7c56)c5oc6ccccc6c45)n3)c2)c1. The van der Waals surface area contributed by atoms with Crippen LogP contribution in [0.1, 0.15) is 0 Å². The molecule has 0 N–H and O–H groups in total. The fourth-order valence-corrected chi connectivity index (χ4v) is 9.35. The van der Waals surface area contributed by atoms with E-state index in [9.17, 15) is 0 Å². The van der Waals surface area contributed by atoms with Crippen LogP contribution in [-0.4, -0.2) is 19.9 Å². The summed E-state index contributed by atoms with van der Waals surface area (Å²) in [5, 5.41) is 6.54. The second-order valence-electron chi connectivity index (χ2n) is 14.2. The third-order valence-electron chi connectivity index (χ3n) is 10.8. The highest BCUT2D eigenvalue weighted by Gasteiger charge is 2.23. The van der Waals surface area contributed by atoms with Gasteiger partial charge in [-0.2, -0.15) is 0 Å². The van der Waals surface area contributed by atoms with E-state index in [2.05, 4.69) is 108 Å². The standard InChI is InChI=1S/C50H28N4O2S/c1-4-17-40-33(13-1)34-22-21-31(27-42(34)55-40)49-52-48(30-11-7-10-29(26-30)32-12-9-25-51-28-32)53-50(54-49)39-24-23-36(47-46(39)37-14-2-5-18-41(37)56-47)35-16-8-20-44-45(35)38-15-3-6-19-43(38)57-44/h1-28H. The van der Waals surface area contributed by atoms with Gasteiger partial charge in [0.15, 0.2) is 17.5 Å². The van der Waals surface area contributed by atoms with Gasteiger partial charge in [-0.3, -0.25) is 4.98 Å². The molecule has 0 radical (unpaired) electrons. The lowest BCUT2D eigenvalue weighted by Crippen LogP contribution is -2.01. The fraction of sp³-hybridized carbons (Fsp3) is 0. The van der Waals surface area contributed by atoms with Gasteiger partial charge in [0.25, 0.3) is 0 Å². The van der Waals surface area contributed by atoms with Gasteiger partial charge in [-0.05, 0) is 71.8 Å². The molecule has 7 heteroatoms. The molecule has 0 aliphatic heterocycles. The summed E-state index contributed by atoms with van der Waals surface area (Å²) >= 11 is 1.81. The van der Waals surface area contributed by atoms with Gasteiger partial charge < -0.3 is 8.83 Å². The van der Waals surface area contributed by atoms with Crippen molar-refractivity contribution >= 4 is 75.4 Å². The Hall–Kier alpha value is -7.48. The summed E-state index contributed by atoms with van der Waals surface area (Å²) in [6.45, 7) is 0. The highest BCUT2D eigenvalue weighted by Crippen LogP contribution is 2.46. The number of hydrogen-bond donors (Lipinski definition) is 0. The third-order valence-corrected chi connectivity index (χ3v) is 12.0. The second kappa shape index (κ2) is 12.5. The number of nitrogens with zero attached hydrogens (tertiary/aromatic N) is 4. The van der Waals surface area contributed by atoms with Crippen LogP contribution in [-0.2, 0) is 0 Å². The summed E-state index contributed by atoms with van der Waals surface area (Å²) < 4.78 is 15.6. The Morgan fingerprint density at radius 3 is 1.91 bits per heavy atom. The molecule has 0 spiro atoms. The number of benzene rings is 7. The first-order chi connectivity index (χ1) is 28.2. The fourth-order valence-electron chi connectivity index (χ4n) is 8.22. The van der Waals surface area contributed by atoms with Crippen molar-refractivity contribution in [3.05, 3.63) is 170 Å². The highest BCUT2D eigenvalue weighted by molar-refractivity contribution is 7.25. The van der Waals surface area contributed by atoms with E-state index in [0.29, 0.717) is 17.5 Å². The molecule has 12 aromatic rings. The average molecular weight is 749 g/mol. The molecule has 12 rings (SSSR count). The number of pyridine rings is 1. The zero-order valence-corrected chi connectivity index (χ0v) is 31.0. The molecule has 5 aromatic heterocycles. The van der Waals surface area contributed by atoms with E-state index in [1.807, 2.05) is 72.1 Å². The van der Waals surface area contributed by atoms with E-state index in [-0.39, 0.29) is 0 Å². The van der Waals surface area contributed by atoms with Crippen LogP contribution in [0.2, 0.25) is 0 Å². The van der Waals surface area contributed by atoms with E-state index >= 15 is 0 Å². The summed E-state index contributed by atoms with van der Waals surface area (Å²) in [6, 6.07) is 54.2.